The van der Waals surface area contributed by atoms with E-state index in [9.17, 15) is 30.8 Å². The smallest absolute Gasteiger partial charge is 0.416 e. The molecule has 0 radical (unpaired) electrons. The quantitative estimate of drug-likeness (QED) is 0.324. The molecule has 0 unspecified atom stereocenters. The lowest BCUT2D eigenvalue weighted by atomic mass is 9.93. The first-order valence-corrected chi connectivity index (χ1v) is 13.5. The highest BCUT2D eigenvalue weighted by atomic mass is 32.2. The molecule has 12 heteroatoms. The number of nitrogens with zero attached hydrogens (tertiary/aromatic N) is 1. The summed E-state index contributed by atoms with van der Waals surface area (Å²) in [6, 6.07) is 12.2. The van der Waals surface area contributed by atoms with Crippen molar-refractivity contribution in [1.82, 2.24) is 0 Å². The van der Waals surface area contributed by atoms with Crippen molar-refractivity contribution in [2.24, 2.45) is 5.92 Å². The van der Waals surface area contributed by atoms with E-state index in [-0.39, 0.29) is 23.8 Å². The number of piperidine rings is 1. The fourth-order valence-electron chi connectivity index (χ4n) is 4.59. The minimum Gasteiger partial charge on any atom is -0.497 e. The van der Waals surface area contributed by atoms with Crippen molar-refractivity contribution in [3.05, 3.63) is 72.0 Å². The number of hydrogen-bond acceptors (Lipinski definition) is 5. The van der Waals surface area contributed by atoms with E-state index in [1.807, 2.05) is 4.90 Å². The van der Waals surface area contributed by atoms with Gasteiger partial charge >= 0.3 is 12.1 Å². The summed E-state index contributed by atoms with van der Waals surface area (Å²) in [6.45, 7) is 0.896. The molecular weight excluding hydrogens is 540 g/mol. The molecule has 0 amide bonds. The van der Waals surface area contributed by atoms with E-state index in [0.29, 0.717) is 48.8 Å². The molecule has 0 saturated carbocycles. The van der Waals surface area contributed by atoms with E-state index in [2.05, 4.69) is 4.72 Å². The Morgan fingerprint density at radius 1 is 1.05 bits per heavy atom. The van der Waals surface area contributed by atoms with Crippen molar-refractivity contribution in [2.45, 2.75) is 30.3 Å². The maximum absolute atomic E-state index is 14.2. The molecule has 0 spiro atoms. The Hall–Kier alpha value is -3.80. The minimum atomic E-state index is -4.73. The van der Waals surface area contributed by atoms with E-state index >= 15 is 0 Å². The van der Waals surface area contributed by atoms with Crippen LogP contribution in [0.15, 0.2) is 65.6 Å². The van der Waals surface area contributed by atoms with Gasteiger partial charge < -0.3 is 14.7 Å². The Kier molecular flexibility index (Phi) is 8.05. The van der Waals surface area contributed by atoms with E-state index in [1.165, 1.54) is 25.3 Å². The molecule has 1 aliphatic heterocycles. The lowest BCUT2D eigenvalue weighted by Gasteiger charge is -2.34. The molecule has 7 nitrogen and oxygen atoms in total. The fraction of sp³-hybridized carbons (Fsp3) is 0.296. The van der Waals surface area contributed by atoms with Crippen LogP contribution >= 0.6 is 0 Å². The van der Waals surface area contributed by atoms with Gasteiger partial charge in [0.25, 0.3) is 10.0 Å². The second-order valence-electron chi connectivity index (χ2n) is 9.27. The lowest BCUT2D eigenvalue weighted by molar-refractivity contribution is -0.139. The number of rotatable bonds is 8. The largest absolute Gasteiger partial charge is 0.497 e. The maximum Gasteiger partial charge on any atom is 0.416 e. The molecule has 0 aromatic heterocycles. The van der Waals surface area contributed by atoms with Crippen LogP contribution in [0.1, 0.15) is 24.8 Å². The molecule has 208 valence electrons. The molecular formula is C27H26F4N2O5S. The second kappa shape index (κ2) is 11.1. The van der Waals surface area contributed by atoms with Gasteiger partial charge in [-0.05, 0) is 72.4 Å². The van der Waals surface area contributed by atoms with Crippen LogP contribution in [0.5, 0.6) is 5.75 Å². The zero-order valence-electron chi connectivity index (χ0n) is 20.8. The lowest BCUT2D eigenvalue weighted by Crippen LogP contribution is -2.35. The monoisotopic (exact) mass is 566 g/mol. The third-order valence-corrected chi connectivity index (χ3v) is 7.93. The Bertz CT molecular complexity index is 1470. The zero-order chi connectivity index (χ0) is 28.4. The predicted octanol–water partition coefficient (Wildman–Crippen LogP) is 6.01. The van der Waals surface area contributed by atoms with Gasteiger partial charge in [-0.25, -0.2) is 12.8 Å². The van der Waals surface area contributed by atoms with Crippen molar-refractivity contribution < 1.29 is 40.6 Å². The van der Waals surface area contributed by atoms with Crippen LogP contribution in [0, 0.1) is 11.7 Å². The number of methoxy groups -OCH3 is 1. The summed E-state index contributed by atoms with van der Waals surface area (Å²) in [5.41, 5.74) is 0.292. The van der Waals surface area contributed by atoms with Crippen LogP contribution in [0.4, 0.5) is 28.9 Å². The number of ether oxygens (including phenoxy) is 1. The average Bonchev–Trinajstić information content (AvgIpc) is 2.88. The summed E-state index contributed by atoms with van der Waals surface area (Å²) in [4.78, 5) is 12.4. The summed E-state index contributed by atoms with van der Waals surface area (Å²) in [5.74, 6) is -1.23. The number of sulfonamides is 1. The van der Waals surface area contributed by atoms with E-state index in [4.69, 9.17) is 9.84 Å². The number of benzene rings is 3. The van der Waals surface area contributed by atoms with Gasteiger partial charge in [0.15, 0.2) is 0 Å². The van der Waals surface area contributed by atoms with Crippen LogP contribution in [-0.4, -0.2) is 39.7 Å². The fourth-order valence-corrected chi connectivity index (χ4v) is 5.70. The number of alkyl halides is 3. The average molecular weight is 567 g/mol. The first kappa shape index (κ1) is 28.2. The summed E-state index contributed by atoms with van der Waals surface area (Å²) >= 11 is 0. The number of nitrogens with one attached hydrogen (secondary N) is 1. The van der Waals surface area contributed by atoms with Gasteiger partial charge in [-0.3, -0.25) is 9.52 Å². The van der Waals surface area contributed by atoms with Gasteiger partial charge in [0.1, 0.15) is 11.6 Å². The van der Waals surface area contributed by atoms with Crippen LogP contribution in [0.2, 0.25) is 0 Å². The topological polar surface area (TPSA) is 95.9 Å². The highest BCUT2D eigenvalue weighted by Gasteiger charge is 2.32. The minimum absolute atomic E-state index is 0.0250. The van der Waals surface area contributed by atoms with Crippen LogP contribution in [-0.2, 0) is 21.0 Å². The first-order chi connectivity index (χ1) is 18.4. The Morgan fingerprint density at radius 3 is 2.41 bits per heavy atom. The molecule has 1 heterocycles. The highest BCUT2D eigenvalue weighted by Crippen LogP contribution is 2.37. The van der Waals surface area contributed by atoms with Crippen LogP contribution in [0.3, 0.4) is 0 Å². The molecule has 39 heavy (non-hydrogen) atoms. The molecule has 4 rings (SSSR count). The van der Waals surface area contributed by atoms with E-state index in [1.54, 1.807) is 18.2 Å². The molecule has 3 aromatic carbocycles. The van der Waals surface area contributed by atoms with Crippen molar-refractivity contribution >= 4 is 27.4 Å². The summed E-state index contributed by atoms with van der Waals surface area (Å²) in [6.07, 6.45) is -3.57. The number of hydrogen-bond donors (Lipinski definition) is 2. The molecule has 1 fully saturated rings. The van der Waals surface area contributed by atoms with Crippen molar-refractivity contribution in [3.63, 3.8) is 0 Å². The number of aliphatic carboxylic acids is 1. The van der Waals surface area contributed by atoms with Crippen molar-refractivity contribution in [3.8, 4) is 16.9 Å². The first-order valence-electron chi connectivity index (χ1n) is 12.0. The number of carboxylic acid groups (broad SMARTS) is 1. The van der Waals surface area contributed by atoms with Crippen molar-refractivity contribution in [1.29, 1.82) is 0 Å². The van der Waals surface area contributed by atoms with Crippen LogP contribution < -0.4 is 14.4 Å². The highest BCUT2D eigenvalue weighted by molar-refractivity contribution is 7.92. The van der Waals surface area contributed by atoms with Gasteiger partial charge in [-0.1, -0.05) is 12.1 Å². The van der Waals surface area contributed by atoms with E-state index < -0.39 is 38.4 Å². The predicted molar refractivity (Wildman–Crippen MR) is 138 cm³/mol. The molecule has 0 bridgehead atoms. The zero-order valence-corrected chi connectivity index (χ0v) is 21.7. The van der Waals surface area contributed by atoms with Crippen LogP contribution in [0.25, 0.3) is 11.1 Å². The van der Waals surface area contributed by atoms with Gasteiger partial charge in [0.2, 0.25) is 0 Å². The second-order valence-corrected chi connectivity index (χ2v) is 11.0. The Labute approximate surface area is 223 Å². The van der Waals surface area contributed by atoms with Gasteiger partial charge in [-0.15, -0.1) is 0 Å². The third-order valence-electron chi connectivity index (χ3n) is 6.57. The van der Waals surface area contributed by atoms with Crippen molar-refractivity contribution in [2.75, 3.05) is 29.8 Å². The number of anilines is 2. The van der Waals surface area contributed by atoms with Gasteiger partial charge in [0.05, 0.1) is 28.9 Å². The third kappa shape index (κ3) is 6.80. The normalized spacial score (nSPS) is 14.7. The number of carbonyl (C=O) groups is 1. The standard InChI is InChI=1S/C27H26F4N2O5S/c1-38-22-13-19(12-21(28)16-22)18-5-6-25(33-9-7-17(8-10-33)11-26(34)35)24(14-18)32-39(36,37)23-4-2-3-20(15-23)27(29,30)31/h2-6,12-17,32H,7-11H2,1H3,(H,34,35). The molecule has 0 aliphatic carbocycles. The SMILES string of the molecule is COc1cc(F)cc(-c2ccc(N3CCC(CC(=O)O)CC3)c(NS(=O)(=O)c3cccc(C(F)(F)F)c3)c2)c1. The Balaban J connectivity index is 1.73. The van der Waals surface area contributed by atoms with E-state index in [0.717, 1.165) is 18.2 Å². The summed E-state index contributed by atoms with van der Waals surface area (Å²) in [5, 5.41) is 9.10. The molecule has 3 aromatic rings. The summed E-state index contributed by atoms with van der Waals surface area (Å²) < 4.78 is 87.9. The number of carboxylic acids is 1. The molecule has 0 atom stereocenters. The van der Waals surface area contributed by atoms with Gasteiger partial charge in [0, 0.05) is 25.6 Å². The molecule has 1 aliphatic rings. The summed E-state index contributed by atoms with van der Waals surface area (Å²) in [7, 11) is -3.08. The molecule has 2 N–H and O–H groups in total. The Morgan fingerprint density at radius 2 is 1.77 bits per heavy atom. The molecule has 1 saturated heterocycles. The number of halogens is 4. The maximum atomic E-state index is 14.2. The van der Waals surface area contributed by atoms with Gasteiger partial charge in [-0.2, -0.15) is 13.2 Å².